The van der Waals surface area contributed by atoms with Crippen molar-refractivity contribution in [2.75, 3.05) is 5.32 Å². The van der Waals surface area contributed by atoms with Crippen LogP contribution in [0.15, 0.2) is 21.2 Å². The molecule has 0 spiro atoms. The first-order chi connectivity index (χ1) is 7.04. The Labute approximate surface area is 112 Å². The fourth-order valence-electron chi connectivity index (χ4n) is 1.18. The topological polar surface area (TPSA) is 24.9 Å². The molecule has 5 heteroatoms. The molecule has 0 saturated carbocycles. The monoisotopic (exact) mass is 354 g/mol. The van der Waals surface area contributed by atoms with Crippen LogP contribution in [0.5, 0.6) is 0 Å². The Morgan fingerprint density at radius 2 is 2.20 bits per heavy atom. The predicted molar refractivity (Wildman–Crippen MR) is 72.7 cm³/mol. The second-order valence-corrected chi connectivity index (χ2v) is 5.67. The molecule has 2 nitrogen and oxygen atoms in total. The van der Waals surface area contributed by atoms with Gasteiger partial charge >= 0.3 is 0 Å². The maximum absolute atomic E-state index is 6.13. The molecule has 0 aliphatic heterocycles. The molecule has 0 amide bonds. The quantitative estimate of drug-likeness (QED) is 0.808. The lowest BCUT2D eigenvalue weighted by molar-refractivity contribution is 0.696. The van der Waals surface area contributed by atoms with Crippen molar-refractivity contribution in [1.29, 1.82) is 0 Å². The van der Waals surface area contributed by atoms with Crippen LogP contribution in [0, 0.1) is 0 Å². The Balaban J connectivity index is 2.72. The second-order valence-electron chi connectivity index (χ2n) is 3.34. The number of nitrogens with zero attached hydrogens (tertiary/aromatic N) is 1. The zero-order valence-electron chi connectivity index (χ0n) is 8.60. The van der Waals surface area contributed by atoms with Crippen molar-refractivity contribution in [3.05, 3.63) is 21.2 Å². The number of halogens is 3. The first-order valence-corrected chi connectivity index (χ1v) is 6.78. The molecule has 0 fully saturated rings. The zero-order chi connectivity index (χ0) is 11.4. The van der Waals surface area contributed by atoms with Gasteiger partial charge in [-0.3, -0.25) is 0 Å². The summed E-state index contributed by atoms with van der Waals surface area (Å²) in [5, 5.41) is 3.39. The minimum Gasteiger partial charge on any atom is -0.365 e. The highest BCUT2D eigenvalue weighted by molar-refractivity contribution is 9.11. The van der Waals surface area contributed by atoms with E-state index in [1.807, 2.05) is 6.07 Å². The Morgan fingerprint density at radius 1 is 1.53 bits per heavy atom. The third-order valence-corrected chi connectivity index (χ3v) is 3.83. The number of hydrogen-bond donors (Lipinski definition) is 1. The number of anilines is 1. The van der Waals surface area contributed by atoms with Crippen LogP contribution < -0.4 is 5.32 Å². The SMILES string of the molecule is CCC(Cl)C(C)Nc1ncc(Br)cc1Br. The van der Waals surface area contributed by atoms with Crippen molar-refractivity contribution < 1.29 is 0 Å². The summed E-state index contributed by atoms with van der Waals surface area (Å²) in [5.74, 6) is 0.824. The molecule has 1 heterocycles. The maximum Gasteiger partial charge on any atom is 0.140 e. The van der Waals surface area contributed by atoms with Gasteiger partial charge in [0, 0.05) is 16.7 Å². The highest BCUT2D eigenvalue weighted by Gasteiger charge is 2.13. The Bertz CT molecular complexity index is 333. The van der Waals surface area contributed by atoms with Crippen LogP contribution in [0.3, 0.4) is 0 Å². The van der Waals surface area contributed by atoms with Gasteiger partial charge in [0.05, 0.1) is 9.85 Å². The lowest BCUT2D eigenvalue weighted by atomic mass is 10.2. The number of nitrogens with one attached hydrogen (secondary N) is 1. The highest BCUT2D eigenvalue weighted by Crippen LogP contribution is 2.25. The van der Waals surface area contributed by atoms with Gasteiger partial charge in [-0.15, -0.1) is 11.6 Å². The van der Waals surface area contributed by atoms with Crippen molar-refractivity contribution in [2.45, 2.75) is 31.7 Å². The van der Waals surface area contributed by atoms with E-state index in [1.54, 1.807) is 6.20 Å². The van der Waals surface area contributed by atoms with Crippen LogP contribution in [0.25, 0.3) is 0 Å². The normalized spacial score (nSPS) is 14.7. The molecule has 1 N–H and O–H groups in total. The van der Waals surface area contributed by atoms with Crippen molar-refractivity contribution in [2.24, 2.45) is 0 Å². The van der Waals surface area contributed by atoms with Gasteiger partial charge in [-0.2, -0.15) is 0 Å². The zero-order valence-corrected chi connectivity index (χ0v) is 12.5. The summed E-state index contributed by atoms with van der Waals surface area (Å²) in [6.45, 7) is 4.12. The third kappa shape index (κ3) is 3.93. The molecule has 0 aliphatic carbocycles. The summed E-state index contributed by atoms with van der Waals surface area (Å²) in [4.78, 5) is 4.27. The fraction of sp³-hybridized carbons (Fsp3) is 0.500. The molecule has 1 aromatic rings. The van der Waals surface area contributed by atoms with E-state index in [4.69, 9.17) is 11.6 Å². The Hall–Kier alpha value is 0.200. The van der Waals surface area contributed by atoms with E-state index in [-0.39, 0.29) is 11.4 Å². The van der Waals surface area contributed by atoms with Gasteiger partial charge in [-0.25, -0.2) is 4.98 Å². The van der Waals surface area contributed by atoms with Gasteiger partial charge in [-0.05, 0) is 51.3 Å². The molecule has 0 bridgehead atoms. The van der Waals surface area contributed by atoms with Crippen molar-refractivity contribution >= 4 is 49.3 Å². The lowest BCUT2D eigenvalue weighted by Crippen LogP contribution is -2.26. The van der Waals surface area contributed by atoms with Gasteiger partial charge < -0.3 is 5.32 Å². The molecular formula is C10H13Br2ClN2. The molecule has 0 aliphatic rings. The molecule has 0 aromatic carbocycles. The van der Waals surface area contributed by atoms with Crippen LogP contribution >= 0.6 is 43.5 Å². The van der Waals surface area contributed by atoms with Crippen molar-refractivity contribution in [3.63, 3.8) is 0 Å². The van der Waals surface area contributed by atoms with E-state index in [0.717, 1.165) is 21.2 Å². The van der Waals surface area contributed by atoms with E-state index < -0.39 is 0 Å². The molecule has 0 radical (unpaired) electrons. The van der Waals surface area contributed by atoms with Gasteiger partial charge in [0.1, 0.15) is 5.82 Å². The second kappa shape index (κ2) is 6.06. The van der Waals surface area contributed by atoms with Crippen molar-refractivity contribution in [1.82, 2.24) is 4.98 Å². The molecular weight excluding hydrogens is 343 g/mol. The third-order valence-electron chi connectivity index (χ3n) is 2.10. The summed E-state index contributed by atoms with van der Waals surface area (Å²) in [6.07, 6.45) is 2.69. The number of rotatable bonds is 4. The molecule has 15 heavy (non-hydrogen) atoms. The van der Waals surface area contributed by atoms with Gasteiger partial charge in [0.2, 0.25) is 0 Å². The first-order valence-electron chi connectivity index (χ1n) is 4.76. The summed E-state index contributed by atoms with van der Waals surface area (Å²) >= 11 is 12.9. The lowest BCUT2D eigenvalue weighted by Gasteiger charge is -2.19. The van der Waals surface area contributed by atoms with Crippen LogP contribution in [0.2, 0.25) is 0 Å². The first kappa shape index (κ1) is 13.3. The molecule has 1 aromatic heterocycles. The molecule has 84 valence electrons. The van der Waals surface area contributed by atoms with E-state index in [9.17, 15) is 0 Å². The number of pyridine rings is 1. The highest BCUT2D eigenvalue weighted by atomic mass is 79.9. The van der Waals surface area contributed by atoms with Crippen LogP contribution in [-0.2, 0) is 0 Å². The van der Waals surface area contributed by atoms with Gasteiger partial charge in [0.15, 0.2) is 0 Å². The van der Waals surface area contributed by atoms with E-state index in [0.29, 0.717) is 0 Å². The number of aromatic nitrogens is 1. The predicted octanol–water partition coefficient (Wildman–Crippen LogP) is 4.42. The van der Waals surface area contributed by atoms with E-state index >= 15 is 0 Å². The largest absolute Gasteiger partial charge is 0.365 e. The van der Waals surface area contributed by atoms with Crippen LogP contribution in [0.1, 0.15) is 20.3 Å². The molecule has 2 atom stereocenters. The van der Waals surface area contributed by atoms with Crippen LogP contribution in [0.4, 0.5) is 5.82 Å². The number of hydrogen-bond acceptors (Lipinski definition) is 2. The standard InChI is InChI=1S/C10H13Br2ClN2/c1-3-9(13)6(2)15-10-8(12)4-7(11)5-14-10/h4-6,9H,3H2,1-2H3,(H,14,15). The molecule has 0 saturated heterocycles. The number of alkyl halides is 1. The van der Waals surface area contributed by atoms with E-state index in [1.165, 1.54) is 0 Å². The summed E-state index contributed by atoms with van der Waals surface area (Å²) in [5.41, 5.74) is 0. The summed E-state index contributed by atoms with van der Waals surface area (Å²) in [6, 6.07) is 2.15. The molecule has 1 rings (SSSR count). The van der Waals surface area contributed by atoms with Gasteiger partial charge in [-0.1, -0.05) is 6.92 Å². The maximum atomic E-state index is 6.13. The van der Waals surface area contributed by atoms with E-state index in [2.05, 4.69) is 56.0 Å². The Kier molecular flexibility index (Phi) is 5.36. The molecule has 2 unspecified atom stereocenters. The smallest absolute Gasteiger partial charge is 0.140 e. The van der Waals surface area contributed by atoms with Crippen molar-refractivity contribution in [3.8, 4) is 0 Å². The van der Waals surface area contributed by atoms with Crippen LogP contribution in [-0.4, -0.2) is 16.4 Å². The summed E-state index contributed by atoms with van der Waals surface area (Å²) < 4.78 is 1.88. The average molecular weight is 356 g/mol. The summed E-state index contributed by atoms with van der Waals surface area (Å²) in [7, 11) is 0. The minimum absolute atomic E-state index is 0.113. The fourth-order valence-corrected chi connectivity index (χ4v) is 2.35. The average Bonchev–Trinajstić information content (AvgIpc) is 2.20. The van der Waals surface area contributed by atoms with Gasteiger partial charge in [0.25, 0.3) is 0 Å². The Morgan fingerprint density at radius 3 is 2.73 bits per heavy atom. The minimum atomic E-state index is 0.113.